The first kappa shape index (κ1) is 19.9. The van der Waals surface area contributed by atoms with Crippen LogP contribution < -0.4 is 14.9 Å². The predicted molar refractivity (Wildman–Crippen MR) is 115 cm³/mol. The Labute approximate surface area is 172 Å². The summed E-state index contributed by atoms with van der Waals surface area (Å²) in [6, 6.07) is 19.3. The normalized spacial score (nSPS) is 11.3. The number of halogens is 1. The maximum absolute atomic E-state index is 12.1. The molecule has 0 aromatic heterocycles. The van der Waals surface area contributed by atoms with Gasteiger partial charge in [-0.25, -0.2) is 5.43 Å². The van der Waals surface area contributed by atoms with Crippen molar-refractivity contribution >= 4 is 38.3 Å². The van der Waals surface area contributed by atoms with Gasteiger partial charge in [0.05, 0.1) is 16.8 Å². The second-order valence-corrected chi connectivity index (χ2v) is 6.87. The maximum atomic E-state index is 12.1. The molecule has 0 bridgehead atoms. The van der Waals surface area contributed by atoms with Crippen LogP contribution in [0.1, 0.15) is 19.4 Å². The molecule has 0 radical (unpaired) electrons. The number of hydrogen-bond acceptors (Lipinski definition) is 4. The number of carbonyl (C=O) groups is 1. The molecule has 0 heterocycles. The topological polar surface area (TPSA) is 59.9 Å². The molecule has 5 nitrogen and oxygen atoms in total. The van der Waals surface area contributed by atoms with Crippen LogP contribution in [-0.4, -0.2) is 24.8 Å². The molecule has 0 aliphatic rings. The van der Waals surface area contributed by atoms with Gasteiger partial charge in [0, 0.05) is 0 Å². The average molecular weight is 441 g/mol. The molecular weight excluding hydrogens is 420 g/mol. The van der Waals surface area contributed by atoms with Crippen molar-refractivity contribution in [3.63, 3.8) is 0 Å². The Balaban J connectivity index is 1.58. The van der Waals surface area contributed by atoms with Crippen molar-refractivity contribution in [1.82, 2.24) is 5.43 Å². The largest absolute Gasteiger partial charge is 0.494 e. The summed E-state index contributed by atoms with van der Waals surface area (Å²) in [6.07, 6.45) is 0. The Kier molecular flexibility index (Phi) is 6.66. The molecule has 0 unspecified atom stereocenters. The molecule has 3 aromatic carbocycles. The summed E-state index contributed by atoms with van der Waals surface area (Å²) in [5.41, 5.74) is 4.13. The van der Waals surface area contributed by atoms with Crippen molar-refractivity contribution in [1.29, 1.82) is 0 Å². The average Bonchev–Trinajstić information content (AvgIpc) is 2.72. The minimum Gasteiger partial charge on any atom is -0.494 e. The summed E-state index contributed by atoms with van der Waals surface area (Å²) in [5, 5.41) is 6.27. The van der Waals surface area contributed by atoms with Crippen molar-refractivity contribution in [2.75, 3.05) is 13.2 Å². The molecule has 0 spiro atoms. The molecule has 3 aromatic rings. The van der Waals surface area contributed by atoms with Crippen molar-refractivity contribution in [3.05, 3.63) is 70.7 Å². The van der Waals surface area contributed by atoms with Gasteiger partial charge in [0.25, 0.3) is 5.91 Å². The molecule has 0 aliphatic heterocycles. The highest BCUT2D eigenvalue weighted by atomic mass is 79.9. The number of ether oxygens (including phenoxy) is 2. The SMILES string of the molecule is CCOc1ccc(C(C)=NNC(=O)COc2ccc3ccccc3c2Br)cc1. The number of fused-ring (bicyclic) bond motifs is 1. The lowest BCUT2D eigenvalue weighted by atomic mass is 10.1. The van der Waals surface area contributed by atoms with Crippen molar-refractivity contribution < 1.29 is 14.3 Å². The van der Waals surface area contributed by atoms with E-state index < -0.39 is 0 Å². The minimum atomic E-state index is -0.328. The van der Waals surface area contributed by atoms with Crippen LogP contribution in [0.4, 0.5) is 0 Å². The molecule has 28 heavy (non-hydrogen) atoms. The fourth-order valence-electron chi connectivity index (χ4n) is 2.67. The van der Waals surface area contributed by atoms with Gasteiger partial charge in [0.15, 0.2) is 6.61 Å². The maximum Gasteiger partial charge on any atom is 0.277 e. The van der Waals surface area contributed by atoms with Crippen LogP contribution in [0.25, 0.3) is 10.8 Å². The van der Waals surface area contributed by atoms with E-state index in [0.29, 0.717) is 18.1 Å². The van der Waals surface area contributed by atoms with Gasteiger partial charge in [0.1, 0.15) is 11.5 Å². The lowest BCUT2D eigenvalue weighted by Crippen LogP contribution is -2.25. The van der Waals surface area contributed by atoms with Crippen LogP contribution in [0, 0.1) is 0 Å². The van der Waals surface area contributed by atoms with E-state index in [0.717, 1.165) is 26.6 Å². The summed E-state index contributed by atoms with van der Waals surface area (Å²) >= 11 is 3.55. The number of rotatable bonds is 7. The van der Waals surface area contributed by atoms with E-state index in [4.69, 9.17) is 9.47 Å². The van der Waals surface area contributed by atoms with Gasteiger partial charge in [-0.15, -0.1) is 0 Å². The van der Waals surface area contributed by atoms with Crippen molar-refractivity contribution in [3.8, 4) is 11.5 Å². The molecule has 0 fully saturated rings. The molecule has 6 heteroatoms. The molecule has 0 aliphatic carbocycles. The van der Waals surface area contributed by atoms with Crippen molar-refractivity contribution in [2.24, 2.45) is 5.10 Å². The van der Waals surface area contributed by atoms with Crippen LogP contribution in [0.15, 0.2) is 70.2 Å². The summed E-state index contributed by atoms with van der Waals surface area (Å²) in [4.78, 5) is 12.1. The van der Waals surface area contributed by atoms with E-state index in [-0.39, 0.29) is 12.5 Å². The number of hydrogen-bond donors (Lipinski definition) is 1. The van der Waals surface area contributed by atoms with Gasteiger partial charge in [-0.1, -0.05) is 30.3 Å². The van der Waals surface area contributed by atoms with Gasteiger partial charge in [-0.3, -0.25) is 4.79 Å². The van der Waals surface area contributed by atoms with Gasteiger partial charge in [0.2, 0.25) is 0 Å². The van der Waals surface area contributed by atoms with Gasteiger partial charge >= 0.3 is 0 Å². The Morgan fingerprint density at radius 3 is 2.54 bits per heavy atom. The summed E-state index contributed by atoms with van der Waals surface area (Å²) < 4.78 is 11.9. The zero-order valence-electron chi connectivity index (χ0n) is 15.7. The molecular formula is C22H21BrN2O3. The van der Waals surface area contributed by atoms with E-state index in [1.165, 1.54) is 0 Å². The number of nitrogens with one attached hydrogen (secondary N) is 1. The minimum absolute atomic E-state index is 0.128. The first-order chi connectivity index (χ1) is 13.6. The number of nitrogens with zero attached hydrogens (tertiary/aromatic N) is 1. The third-order valence-corrected chi connectivity index (χ3v) is 4.94. The highest BCUT2D eigenvalue weighted by Gasteiger charge is 2.08. The summed E-state index contributed by atoms with van der Waals surface area (Å²) in [5.74, 6) is 1.09. The fourth-order valence-corrected chi connectivity index (χ4v) is 3.28. The molecule has 0 saturated heterocycles. The first-order valence-corrected chi connectivity index (χ1v) is 9.74. The van der Waals surface area contributed by atoms with Crippen LogP contribution in [0.5, 0.6) is 11.5 Å². The zero-order chi connectivity index (χ0) is 19.9. The fraction of sp³-hybridized carbons (Fsp3) is 0.182. The summed E-state index contributed by atoms with van der Waals surface area (Å²) in [6.45, 7) is 4.26. The third kappa shape index (κ3) is 4.89. The molecule has 144 valence electrons. The Bertz CT molecular complexity index is 1000. The number of amides is 1. The zero-order valence-corrected chi connectivity index (χ0v) is 17.3. The first-order valence-electron chi connectivity index (χ1n) is 8.95. The Morgan fingerprint density at radius 2 is 1.79 bits per heavy atom. The second-order valence-electron chi connectivity index (χ2n) is 6.08. The van der Waals surface area contributed by atoms with Crippen LogP contribution in [0.2, 0.25) is 0 Å². The molecule has 1 N–H and O–H groups in total. The molecule has 0 saturated carbocycles. The van der Waals surface area contributed by atoms with E-state index in [9.17, 15) is 4.79 Å². The van der Waals surface area contributed by atoms with Crippen LogP contribution in [-0.2, 0) is 4.79 Å². The highest BCUT2D eigenvalue weighted by Crippen LogP contribution is 2.32. The summed E-state index contributed by atoms with van der Waals surface area (Å²) in [7, 11) is 0. The molecule has 1 amide bonds. The highest BCUT2D eigenvalue weighted by molar-refractivity contribution is 9.10. The van der Waals surface area contributed by atoms with E-state index in [1.807, 2.05) is 74.5 Å². The number of carbonyl (C=O) groups excluding carboxylic acids is 1. The standard InChI is InChI=1S/C22H21BrN2O3/c1-3-27-18-11-8-16(9-12-18)15(2)24-25-21(26)14-28-20-13-10-17-6-4-5-7-19(17)22(20)23/h4-13H,3,14H2,1-2H3,(H,25,26). The van der Waals surface area contributed by atoms with E-state index >= 15 is 0 Å². The van der Waals surface area contributed by atoms with Gasteiger partial charge < -0.3 is 9.47 Å². The Morgan fingerprint density at radius 1 is 1.04 bits per heavy atom. The predicted octanol–water partition coefficient (Wildman–Crippen LogP) is 4.92. The molecule has 3 rings (SSSR count). The quantitative estimate of drug-likeness (QED) is 0.418. The number of hydrazone groups is 1. The number of benzene rings is 3. The van der Waals surface area contributed by atoms with Crippen molar-refractivity contribution in [2.45, 2.75) is 13.8 Å². The lowest BCUT2D eigenvalue weighted by Gasteiger charge is -2.10. The van der Waals surface area contributed by atoms with E-state index in [1.54, 1.807) is 0 Å². The van der Waals surface area contributed by atoms with Gasteiger partial charge in [-0.2, -0.15) is 5.10 Å². The van der Waals surface area contributed by atoms with E-state index in [2.05, 4.69) is 26.5 Å². The lowest BCUT2D eigenvalue weighted by molar-refractivity contribution is -0.123. The smallest absolute Gasteiger partial charge is 0.277 e. The van der Waals surface area contributed by atoms with Gasteiger partial charge in [-0.05, 0) is 76.4 Å². The monoisotopic (exact) mass is 440 g/mol. The Hall–Kier alpha value is -2.86. The third-order valence-electron chi connectivity index (χ3n) is 4.12. The molecule has 0 atom stereocenters. The second kappa shape index (κ2) is 9.37. The van der Waals surface area contributed by atoms with Crippen LogP contribution >= 0.6 is 15.9 Å². The van der Waals surface area contributed by atoms with Crippen LogP contribution in [0.3, 0.4) is 0 Å².